The van der Waals surface area contributed by atoms with Crippen LogP contribution in [-0.4, -0.2) is 40.3 Å². The molecule has 1 aliphatic heterocycles. The highest BCUT2D eigenvalue weighted by Crippen LogP contribution is 2.19. The number of hydrogen-bond acceptors (Lipinski definition) is 6. The van der Waals surface area contributed by atoms with Gasteiger partial charge in [0.15, 0.2) is 5.16 Å². The largest absolute Gasteiger partial charge is 0.356 e. The number of piperidine rings is 1. The van der Waals surface area contributed by atoms with Crippen LogP contribution < -0.4 is 10.2 Å². The van der Waals surface area contributed by atoms with E-state index in [4.69, 9.17) is 0 Å². The van der Waals surface area contributed by atoms with Crippen LogP contribution in [-0.2, 0) is 6.54 Å². The number of anilines is 1. The van der Waals surface area contributed by atoms with Crippen LogP contribution >= 0.6 is 11.8 Å². The van der Waals surface area contributed by atoms with E-state index in [-0.39, 0.29) is 0 Å². The lowest BCUT2D eigenvalue weighted by Crippen LogP contribution is -2.42. The first-order valence-corrected chi connectivity index (χ1v) is 8.82. The van der Waals surface area contributed by atoms with Crippen molar-refractivity contribution < 1.29 is 0 Å². The number of aromatic nitrogens is 3. The predicted octanol–water partition coefficient (Wildman–Crippen LogP) is 2.35. The first-order valence-electron chi connectivity index (χ1n) is 7.59. The normalized spacial score (nSPS) is 16.0. The van der Waals surface area contributed by atoms with Gasteiger partial charge in [0.1, 0.15) is 5.82 Å². The fraction of sp³-hybridized carbons (Fsp3) is 0.438. The average Bonchev–Trinajstić information content (AvgIpc) is 2.61. The van der Waals surface area contributed by atoms with Crippen molar-refractivity contribution in [1.82, 2.24) is 20.3 Å². The van der Waals surface area contributed by atoms with Crippen LogP contribution in [0.2, 0.25) is 0 Å². The zero-order chi connectivity index (χ0) is 15.2. The molecule has 3 heterocycles. The summed E-state index contributed by atoms with van der Waals surface area (Å²) in [5.74, 6) is 1.05. The van der Waals surface area contributed by atoms with Crippen molar-refractivity contribution in [3.8, 4) is 0 Å². The van der Waals surface area contributed by atoms with E-state index in [1.54, 1.807) is 11.8 Å². The Morgan fingerprint density at radius 2 is 2.14 bits per heavy atom. The molecule has 0 amide bonds. The molecule has 0 aliphatic carbocycles. The van der Waals surface area contributed by atoms with E-state index >= 15 is 0 Å². The van der Waals surface area contributed by atoms with Gasteiger partial charge in [0.25, 0.3) is 0 Å². The standard InChI is InChI=1S/C16H21N5S/c1-22-16-18-8-4-15(20-16)21-9-5-14(6-10-21)19-12-13-3-2-7-17-11-13/h2-4,7-8,11,14,19H,5-6,9-10,12H2,1H3. The Labute approximate surface area is 135 Å². The SMILES string of the molecule is CSc1nccc(N2CCC(NCc3cccnc3)CC2)n1. The van der Waals surface area contributed by atoms with Gasteiger partial charge in [-0.05, 0) is 36.8 Å². The highest BCUT2D eigenvalue weighted by Gasteiger charge is 2.20. The van der Waals surface area contributed by atoms with Crippen molar-refractivity contribution in [2.75, 3.05) is 24.2 Å². The van der Waals surface area contributed by atoms with Crippen molar-refractivity contribution in [1.29, 1.82) is 0 Å². The number of hydrogen-bond donors (Lipinski definition) is 1. The second-order valence-electron chi connectivity index (χ2n) is 5.41. The third-order valence-electron chi connectivity index (χ3n) is 3.94. The van der Waals surface area contributed by atoms with Gasteiger partial charge in [-0.1, -0.05) is 17.8 Å². The van der Waals surface area contributed by atoms with E-state index in [1.165, 1.54) is 5.56 Å². The van der Waals surface area contributed by atoms with Crippen LogP contribution in [0.3, 0.4) is 0 Å². The van der Waals surface area contributed by atoms with Gasteiger partial charge in [-0.2, -0.15) is 0 Å². The molecule has 1 N–H and O–H groups in total. The van der Waals surface area contributed by atoms with Gasteiger partial charge in [-0.25, -0.2) is 9.97 Å². The fourth-order valence-corrected chi connectivity index (χ4v) is 3.03. The second-order valence-corrected chi connectivity index (χ2v) is 6.18. The third-order valence-corrected chi connectivity index (χ3v) is 4.50. The molecule has 2 aromatic heterocycles. The van der Waals surface area contributed by atoms with E-state index in [0.29, 0.717) is 6.04 Å². The van der Waals surface area contributed by atoms with Crippen molar-refractivity contribution in [2.45, 2.75) is 30.6 Å². The first-order chi connectivity index (χ1) is 10.8. The number of rotatable bonds is 5. The summed E-state index contributed by atoms with van der Waals surface area (Å²) >= 11 is 1.59. The summed E-state index contributed by atoms with van der Waals surface area (Å²) in [6.45, 7) is 2.97. The van der Waals surface area contributed by atoms with Crippen LogP contribution in [0.1, 0.15) is 18.4 Å². The van der Waals surface area contributed by atoms with Crippen LogP contribution in [0.25, 0.3) is 0 Å². The van der Waals surface area contributed by atoms with Gasteiger partial charge in [0.05, 0.1) is 0 Å². The van der Waals surface area contributed by atoms with E-state index in [9.17, 15) is 0 Å². The van der Waals surface area contributed by atoms with Crippen molar-refractivity contribution in [3.63, 3.8) is 0 Å². The zero-order valence-corrected chi connectivity index (χ0v) is 13.6. The van der Waals surface area contributed by atoms with Gasteiger partial charge in [0, 0.05) is 44.3 Å². The summed E-state index contributed by atoms with van der Waals surface area (Å²) in [4.78, 5) is 15.3. The summed E-state index contributed by atoms with van der Waals surface area (Å²) < 4.78 is 0. The number of thioether (sulfide) groups is 1. The Hall–Kier alpha value is -1.66. The molecule has 0 spiro atoms. The molecular formula is C16H21N5S. The molecule has 0 bridgehead atoms. The summed E-state index contributed by atoms with van der Waals surface area (Å²) in [7, 11) is 0. The number of pyridine rings is 1. The molecule has 1 fully saturated rings. The smallest absolute Gasteiger partial charge is 0.189 e. The maximum atomic E-state index is 4.58. The second kappa shape index (κ2) is 7.56. The maximum Gasteiger partial charge on any atom is 0.189 e. The molecule has 3 rings (SSSR count). The maximum absolute atomic E-state index is 4.58. The van der Waals surface area contributed by atoms with Crippen molar-refractivity contribution in [3.05, 3.63) is 42.4 Å². The lowest BCUT2D eigenvalue weighted by atomic mass is 10.0. The summed E-state index contributed by atoms with van der Waals surface area (Å²) in [5, 5.41) is 4.47. The lowest BCUT2D eigenvalue weighted by molar-refractivity contribution is 0.412. The number of nitrogens with zero attached hydrogens (tertiary/aromatic N) is 4. The molecule has 0 saturated carbocycles. The Kier molecular flexibility index (Phi) is 5.24. The van der Waals surface area contributed by atoms with Gasteiger partial charge in [-0.15, -0.1) is 0 Å². The first kappa shape index (κ1) is 15.2. The van der Waals surface area contributed by atoms with E-state index in [1.807, 2.05) is 37.0 Å². The minimum atomic E-state index is 0.568. The molecule has 0 unspecified atom stereocenters. The Morgan fingerprint density at radius 3 is 2.86 bits per heavy atom. The quantitative estimate of drug-likeness (QED) is 0.675. The molecule has 0 aromatic carbocycles. The van der Waals surface area contributed by atoms with Crippen LogP contribution in [0.5, 0.6) is 0 Å². The molecule has 2 aromatic rings. The predicted molar refractivity (Wildman–Crippen MR) is 90.1 cm³/mol. The molecule has 116 valence electrons. The molecule has 22 heavy (non-hydrogen) atoms. The van der Waals surface area contributed by atoms with Crippen LogP contribution in [0.4, 0.5) is 5.82 Å². The summed E-state index contributed by atoms with van der Waals surface area (Å²) in [5.41, 5.74) is 1.24. The Balaban J connectivity index is 1.49. The van der Waals surface area contributed by atoms with Crippen LogP contribution in [0.15, 0.2) is 41.9 Å². The molecule has 5 nitrogen and oxygen atoms in total. The summed E-state index contributed by atoms with van der Waals surface area (Å²) in [6, 6.07) is 6.67. The van der Waals surface area contributed by atoms with Gasteiger partial charge >= 0.3 is 0 Å². The van der Waals surface area contributed by atoms with Gasteiger partial charge in [-0.3, -0.25) is 4.98 Å². The van der Waals surface area contributed by atoms with Crippen molar-refractivity contribution >= 4 is 17.6 Å². The summed E-state index contributed by atoms with van der Waals surface area (Å²) in [6.07, 6.45) is 9.87. The third kappa shape index (κ3) is 3.96. The van der Waals surface area contributed by atoms with Gasteiger partial charge in [0.2, 0.25) is 0 Å². The molecule has 6 heteroatoms. The molecule has 0 atom stereocenters. The molecular weight excluding hydrogens is 294 g/mol. The van der Waals surface area contributed by atoms with E-state index < -0.39 is 0 Å². The molecule has 1 saturated heterocycles. The van der Waals surface area contributed by atoms with Crippen molar-refractivity contribution in [2.24, 2.45) is 0 Å². The minimum Gasteiger partial charge on any atom is -0.356 e. The minimum absolute atomic E-state index is 0.568. The average molecular weight is 315 g/mol. The molecule has 1 aliphatic rings. The fourth-order valence-electron chi connectivity index (χ4n) is 2.68. The topological polar surface area (TPSA) is 53.9 Å². The highest BCUT2D eigenvalue weighted by atomic mass is 32.2. The highest BCUT2D eigenvalue weighted by molar-refractivity contribution is 7.98. The monoisotopic (exact) mass is 315 g/mol. The van der Waals surface area contributed by atoms with Crippen LogP contribution in [0, 0.1) is 0 Å². The van der Waals surface area contributed by atoms with Gasteiger partial charge < -0.3 is 10.2 Å². The Bertz CT molecular complexity index is 584. The lowest BCUT2D eigenvalue weighted by Gasteiger charge is -2.33. The zero-order valence-electron chi connectivity index (χ0n) is 12.8. The number of nitrogens with one attached hydrogen (secondary N) is 1. The van der Waals surface area contributed by atoms with E-state index in [2.05, 4.69) is 31.2 Å². The molecule has 0 radical (unpaired) electrons. The Morgan fingerprint density at radius 1 is 1.27 bits per heavy atom. The van der Waals surface area contributed by atoms with E-state index in [0.717, 1.165) is 43.5 Å².